The first kappa shape index (κ1) is 28.6. The number of likely N-dealkylation sites (N-methyl/N-ethyl adjacent to an activating group) is 1. The van der Waals surface area contributed by atoms with E-state index in [-0.39, 0.29) is 41.2 Å². The minimum Gasteiger partial charge on any atom is -0.497 e. The lowest BCUT2D eigenvalue weighted by atomic mass is 10.0. The highest BCUT2D eigenvalue weighted by Gasteiger charge is 2.39. The predicted octanol–water partition coefficient (Wildman–Crippen LogP) is 3.35. The van der Waals surface area contributed by atoms with Gasteiger partial charge in [0.15, 0.2) is 0 Å². The largest absolute Gasteiger partial charge is 0.497 e. The van der Waals surface area contributed by atoms with Crippen molar-refractivity contribution in [1.29, 1.82) is 0 Å². The summed E-state index contributed by atoms with van der Waals surface area (Å²) in [5, 5.41) is 9.84. The van der Waals surface area contributed by atoms with Gasteiger partial charge in [0.05, 0.1) is 25.2 Å². The van der Waals surface area contributed by atoms with Crippen molar-refractivity contribution in [3.63, 3.8) is 0 Å². The molecular formula is C27H36N2O7S2. The van der Waals surface area contributed by atoms with E-state index in [1.54, 1.807) is 37.3 Å². The molecule has 0 radical (unpaired) electrons. The van der Waals surface area contributed by atoms with Crippen LogP contribution in [0.2, 0.25) is 0 Å². The van der Waals surface area contributed by atoms with Gasteiger partial charge in [0, 0.05) is 25.6 Å². The number of ether oxygens (including phenoxy) is 2. The van der Waals surface area contributed by atoms with Crippen LogP contribution in [-0.4, -0.2) is 76.6 Å². The fraction of sp³-hybridized carbons (Fsp3) is 0.481. The summed E-state index contributed by atoms with van der Waals surface area (Å²) in [5.41, 5.74) is 2.03. The number of benzene rings is 2. The van der Waals surface area contributed by atoms with Crippen molar-refractivity contribution >= 4 is 25.6 Å². The lowest BCUT2D eigenvalue weighted by Crippen LogP contribution is -2.50. The molecule has 3 atom stereocenters. The molecule has 0 amide bonds. The molecular weight excluding hydrogens is 528 g/mol. The van der Waals surface area contributed by atoms with Crippen LogP contribution in [0.15, 0.2) is 58.3 Å². The summed E-state index contributed by atoms with van der Waals surface area (Å²) < 4.78 is 68.1. The first-order chi connectivity index (χ1) is 18.0. The number of methoxy groups -OCH3 is 1. The number of aliphatic hydroxyl groups excluding tert-OH is 1. The molecule has 0 unspecified atom stereocenters. The molecule has 0 saturated carbocycles. The van der Waals surface area contributed by atoms with E-state index in [0.29, 0.717) is 5.75 Å². The van der Waals surface area contributed by atoms with Crippen LogP contribution in [0.3, 0.4) is 0 Å². The van der Waals surface area contributed by atoms with Gasteiger partial charge in [-0.2, -0.15) is 8.61 Å². The SMILES string of the molecule is COc1ccc(S(=O)(=O)N(C)C[C@@H]2Oc3cc(C4=CCCC4)ccc3S(=O)(=O)N([C@H](C)CO)C[C@@H]2C)cc1. The molecule has 0 aromatic heterocycles. The van der Waals surface area contributed by atoms with Gasteiger partial charge >= 0.3 is 0 Å². The van der Waals surface area contributed by atoms with Gasteiger partial charge in [-0.15, -0.1) is 0 Å². The van der Waals surface area contributed by atoms with Gasteiger partial charge in [-0.1, -0.05) is 19.1 Å². The molecule has 2 aliphatic rings. The molecule has 2 aromatic carbocycles. The average molecular weight is 565 g/mol. The van der Waals surface area contributed by atoms with Crippen LogP contribution in [0.25, 0.3) is 5.57 Å². The van der Waals surface area contributed by atoms with Gasteiger partial charge in [-0.3, -0.25) is 0 Å². The Hall–Kier alpha value is -2.44. The number of sulfonamides is 2. The van der Waals surface area contributed by atoms with Crippen molar-refractivity contribution in [1.82, 2.24) is 8.61 Å². The van der Waals surface area contributed by atoms with Crippen LogP contribution in [0.4, 0.5) is 0 Å². The minimum absolute atomic E-state index is 0.00326. The van der Waals surface area contributed by atoms with E-state index in [1.807, 2.05) is 6.92 Å². The Bertz CT molecular complexity index is 1390. The van der Waals surface area contributed by atoms with Crippen LogP contribution in [-0.2, 0) is 20.0 Å². The number of nitrogens with zero attached hydrogens (tertiary/aromatic N) is 2. The number of fused-ring (bicyclic) bond motifs is 1. The zero-order valence-corrected chi connectivity index (χ0v) is 23.8. The average Bonchev–Trinajstić information content (AvgIpc) is 3.45. The fourth-order valence-corrected chi connectivity index (χ4v) is 7.86. The Labute approximate surface area is 225 Å². The Balaban J connectivity index is 1.72. The fourth-order valence-electron chi connectivity index (χ4n) is 4.86. The summed E-state index contributed by atoms with van der Waals surface area (Å²) in [6.45, 7) is 3.21. The zero-order chi connectivity index (χ0) is 27.7. The van der Waals surface area contributed by atoms with E-state index in [0.717, 1.165) is 30.4 Å². The molecule has 2 aromatic rings. The molecule has 208 valence electrons. The zero-order valence-electron chi connectivity index (χ0n) is 22.2. The molecule has 0 spiro atoms. The normalized spacial score (nSPS) is 22.6. The predicted molar refractivity (Wildman–Crippen MR) is 145 cm³/mol. The van der Waals surface area contributed by atoms with Crippen LogP contribution >= 0.6 is 0 Å². The Kier molecular flexibility index (Phi) is 8.53. The summed E-state index contributed by atoms with van der Waals surface area (Å²) >= 11 is 0. The third-order valence-corrected chi connectivity index (χ3v) is 11.1. The third kappa shape index (κ3) is 5.62. The van der Waals surface area contributed by atoms with Crippen molar-refractivity contribution in [2.24, 2.45) is 5.92 Å². The molecule has 1 aliphatic heterocycles. The van der Waals surface area contributed by atoms with Gasteiger partial charge in [0.2, 0.25) is 20.0 Å². The maximum Gasteiger partial charge on any atom is 0.247 e. The van der Waals surface area contributed by atoms with Gasteiger partial charge in [0.1, 0.15) is 22.5 Å². The van der Waals surface area contributed by atoms with Gasteiger partial charge in [-0.05, 0) is 73.7 Å². The van der Waals surface area contributed by atoms with E-state index in [1.165, 1.54) is 34.9 Å². The molecule has 11 heteroatoms. The highest BCUT2D eigenvalue weighted by molar-refractivity contribution is 7.89. The molecule has 9 nitrogen and oxygen atoms in total. The summed E-state index contributed by atoms with van der Waals surface area (Å²) in [7, 11) is -4.82. The summed E-state index contributed by atoms with van der Waals surface area (Å²) in [5.74, 6) is 0.361. The molecule has 0 saturated heterocycles. The van der Waals surface area contributed by atoms with Crippen LogP contribution in [0, 0.1) is 5.92 Å². The quantitative estimate of drug-likeness (QED) is 0.523. The molecule has 1 heterocycles. The maximum absolute atomic E-state index is 13.7. The monoisotopic (exact) mass is 564 g/mol. The van der Waals surface area contributed by atoms with Crippen molar-refractivity contribution in [2.45, 2.75) is 55.0 Å². The second-order valence-electron chi connectivity index (χ2n) is 9.98. The standard InChI is InChI=1S/C27H36N2O7S2/c1-19-16-29(20(2)18-30)38(33,34)27-14-9-22(21-7-5-6-8-21)15-25(27)36-26(19)17-28(3)37(31,32)24-12-10-23(35-4)11-13-24/h7,9-15,19-20,26,30H,5-6,8,16-18H2,1-4H3/t19-,20+,26-/m0/s1. The minimum atomic E-state index is -3.97. The first-order valence-corrected chi connectivity index (χ1v) is 15.6. The number of allylic oxidation sites excluding steroid dienone is 2. The first-order valence-electron chi connectivity index (χ1n) is 12.7. The van der Waals surface area contributed by atoms with Crippen LogP contribution in [0.1, 0.15) is 38.7 Å². The second kappa shape index (κ2) is 11.4. The molecule has 4 rings (SSSR count). The Morgan fingerprint density at radius 1 is 1.21 bits per heavy atom. The highest BCUT2D eigenvalue weighted by atomic mass is 32.2. The molecule has 0 fully saturated rings. The van der Waals surface area contributed by atoms with Gasteiger partial charge < -0.3 is 14.6 Å². The highest BCUT2D eigenvalue weighted by Crippen LogP contribution is 2.37. The number of hydrogen-bond donors (Lipinski definition) is 1. The van der Waals surface area contributed by atoms with Crippen molar-refractivity contribution < 1.29 is 31.4 Å². The summed E-state index contributed by atoms with van der Waals surface area (Å²) in [4.78, 5) is 0.131. The van der Waals surface area contributed by atoms with Crippen molar-refractivity contribution in [3.8, 4) is 11.5 Å². The molecule has 38 heavy (non-hydrogen) atoms. The lowest BCUT2D eigenvalue weighted by molar-refractivity contribution is 0.0904. The van der Waals surface area contributed by atoms with E-state index < -0.39 is 32.2 Å². The summed E-state index contributed by atoms with van der Waals surface area (Å²) in [6.07, 6.45) is 4.42. The van der Waals surface area contributed by atoms with Crippen molar-refractivity contribution in [2.75, 3.05) is 33.9 Å². The van der Waals surface area contributed by atoms with E-state index >= 15 is 0 Å². The van der Waals surface area contributed by atoms with E-state index in [4.69, 9.17) is 9.47 Å². The summed E-state index contributed by atoms with van der Waals surface area (Å²) in [6, 6.07) is 10.6. The van der Waals surface area contributed by atoms with Gasteiger partial charge in [0.25, 0.3) is 0 Å². The number of rotatable bonds is 8. The number of aliphatic hydroxyl groups is 1. The van der Waals surface area contributed by atoms with Crippen LogP contribution in [0.5, 0.6) is 11.5 Å². The maximum atomic E-state index is 13.7. The lowest BCUT2D eigenvalue weighted by Gasteiger charge is -2.37. The Morgan fingerprint density at radius 2 is 1.92 bits per heavy atom. The van der Waals surface area contributed by atoms with Crippen LogP contribution < -0.4 is 9.47 Å². The molecule has 1 aliphatic carbocycles. The topological polar surface area (TPSA) is 113 Å². The van der Waals surface area contributed by atoms with Gasteiger partial charge in [-0.25, -0.2) is 16.8 Å². The van der Waals surface area contributed by atoms with E-state index in [9.17, 15) is 21.9 Å². The molecule has 1 N–H and O–H groups in total. The molecule has 0 bridgehead atoms. The second-order valence-corrected chi connectivity index (χ2v) is 13.9. The third-order valence-electron chi connectivity index (χ3n) is 7.28. The smallest absolute Gasteiger partial charge is 0.247 e. The van der Waals surface area contributed by atoms with E-state index in [2.05, 4.69) is 6.08 Å². The number of hydrogen-bond acceptors (Lipinski definition) is 7. The Morgan fingerprint density at radius 3 is 2.53 bits per heavy atom. The van der Waals surface area contributed by atoms with Crippen molar-refractivity contribution in [3.05, 3.63) is 54.1 Å².